The first-order chi connectivity index (χ1) is 14.1. The number of nitrogens with zero attached hydrogens (tertiary/aromatic N) is 1. The van der Waals surface area contributed by atoms with Crippen molar-refractivity contribution in [2.24, 2.45) is 17.2 Å². The van der Waals surface area contributed by atoms with E-state index in [2.05, 4.69) is 10.6 Å². The molecule has 0 bridgehead atoms. The van der Waals surface area contributed by atoms with Gasteiger partial charge in [-0.2, -0.15) is 0 Å². The number of hydrogen-bond donors (Lipinski definition) is 6. The summed E-state index contributed by atoms with van der Waals surface area (Å²) < 4.78 is 0. The molecule has 1 rings (SSSR count). The standard InChI is InChI=1S/C18H32N6O6/c1-10(22-16(27)11(20)9-14(21)25)15(26)23-12(5-2-3-7-19)17(28)24-8-4-6-13(24)18(29)30/h10-13H,2-9,19-20H2,1H3,(H2,21,25)(H,22,27)(H,23,26)(H,29,30). The van der Waals surface area contributed by atoms with Crippen molar-refractivity contribution in [3.05, 3.63) is 0 Å². The molecule has 0 aliphatic carbocycles. The van der Waals surface area contributed by atoms with Gasteiger partial charge in [0.15, 0.2) is 0 Å². The minimum atomic E-state index is -1.19. The Bertz CT molecular complexity index is 657. The molecule has 0 radical (unpaired) electrons. The summed E-state index contributed by atoms with van der Waals surface area (Å²) in [5.74, 6) is -3.68. The Hall–Kier alpha value is -2.73. The molecule has 0 saturated carbocycles. The fraction of sp³-hybridized carbons (Fsp3) is 0.722. The monoisotopic (exact) mass is 428 g/mol. The van der Waals surface area contributed by atoms with Gasteiger partial charge < -0.3 is 37.8 Å². The van der Waals surface area contributed by atoms with Crippen molar-refractivity contribution in [1.29, 1.82) is 0 Å². The molecule has 1 saturated heterocycles. The first-order valence-corrected chi connectivity index (χ1v) is 9.96. The van der Waals surface area contributed by atoms with E-state index in [9.17, 15) is 29.1 Å². The third-order valence-corrected chi connectivity index (χ3v) is 4.89. The molecule has 4 atom stereocenters. The van der Waals surface area contributed by atoms with E-state index in [0.717, 1.165) is 0 Å². The van der Waals surface area contributed by atoms with Crippen LogP contribution in [-0.2, 0) is 24.0 Å². The van der Waals surface area contributed by atoms with Crippen molar-refractivity contribution >= 4 is 29.6 Å². The van der Waals surface area contributed by atoms with Gasteiger partial charge in [-0.3, -0.25) is 19.2 Å². The summed E-state index contributed by atoms with van der Waals surface area (Å²) in [6.45, 7) is 2.12. The molecule has 170 valence electrons. The average Bonchev–Trinajstić information content (AvgIpc) is 3.16. The van der Waals surface area contributed by atoms with Crippen LogP contribution < -0.4 is 27.8 Å². The number of rotatable bonds is 12. The Morgan fingerprint density at radius 2 is 1.80 bits per heavy atom. The molecule has 4 unspecified atom stereocenters. The van der Waals surface area contributed by atoms with Crippen LogP contribution in [-0.4, -0.2) is 76.9 Å². The van der Waals surface area contributed by atoms with E-state index < -0.39 is 53.8 Å². The summed E-state index contributed by atoms with van der Waals surface area (Å²) in [4.78, 5) is 61.0. The molecule has 30 heavy (non-hydrogen) atoms. The number of nitrogens with two attached hydrogens (primary N) is 3. The number of hydrogen-bond acceptors (Lipinski definition) is 7. The average molecular weight is 428 g/mol. The predicted molar refractivity (Wildman–Crippen MR) is 107 cm³/mol. The van der Waals surface area contributed by atoms with Gasteiger partial charge in [0.1, 0.15) is 18.1 Å². The van der Waals surface area contributed by atoms with Gasteiger partial charge in [-0.1, -0.05) is 0 Å². The van der Waals surface area contributed by atoms with Crippen LogP contribution in [0.3, 0.4) is 0 Å². The van der Waals surface area contributed by atoms with E-state index in [1.165, 1.54) is 11.8 Å². The molecular formula is C18H32N6O6. The van der Waals surface area contributed by atoms with Gasteiger partial charge in [0.05, 0.1) is 12.5 Å². The second-order valence-electron chi connectivity index (χ2n) is 7.38. The van der Waals surface area contributed by atoms with Crippen molar-refractivity contribution in [3.63, 3.8) is 0 Å². The third-order valence-electron chi connectivity index (χ3n) is 4.89. The normalized spacial score (nSPS) is 18.9. The highest BCUT2D eigenvalue weighted by Crippen LogP contribution is 2.19. The van der Waals surface area contributed by atoms with Crippen LogP contribution in [0, 0.1) is 0 Å². The molecule has 12 heteroatoms. The first-order valence-electron chi connectivity index (χ1n) is 9.96. The molecule has 12 nitrogen and oxygen atoms in total. The zero-order valence-corrected chi connectivity index (χ0v) is 17.1. The Morgan fingerprint density at radius 1 is 1.13 bits per heavy atom. The minimum Gasteiger partial charge on any atom is -0.480 e. The Kier molecular flexibility index (Phi) is 10.2. The summed E-state index contributed by atoms with van der Waals surface area (Å²) in [6, 6.07) is -4.09. The van der Waals surface area contributed by atoms with Crippen molar-refractivity contribution in [2.45, 2.75) is 69.6 Å². The van der Waals surface area contributed by atoms with E-state index in [1.54, 1.807) is 0 Å². The van der Waals surface area contributed by atoms with Crippen molar-refractivity contribution in [3.8, 4) is 0 Å². The predicted octanol–water partition coefficient (Wildman–Crippen LogP) is -2.62. The molecular weight excluding hydrogens is 396 g/mol. The number of aliphatic carboxylic acids is 1. The molecule has 1 aliphatic heterocycles. The molecule has 9 N–H and O–H groups in total. The van der Waals surface area contributed by atoms with Gasteiger partial charge in [0, 0.05) is 6.54 Å². The quantitative estimate of drug-likeness (QED) is 0.181. The summed E-state index contributed by atoms with van der Waals surface area (Å²) >= 11 is 0. The summed E-state index contributed by atoms with van der Waals surface area (Å²) in [7, 11) is 0. The van der Waals surface area contributed by atoms with Gasteiger partial charge in [0.25, 0.3) is 0 Å². The van der Waals surface area contributed by atoms with Gasteiger partial charge >= 0.3 is 5.97 Å². The summed E-state index contributed by atoms with van der Waals surface area (Å²) in [5.41, 5.74) is 16.0. The Balaban J connectivity index is 2.79. The van der Waals surface area contributed by atoms with Crippen LogP contribution >= 0.6 is 0 Å². The molecule has 1 aliphatic rings. The lowest BCUT2D eigenvalue weighted by atomic mass is 10.1. The van der Waals surface area contributed by atoms with Gasteiger partial charge in [-0.25, -0.2) is 4.79 Å². The summed E-state index contributed by atoms with van der Waals surface area (Å²) in [6.07, 6.45) is 2.03. The zero-order chi connectivity index (χ0) is 22.8. The van der Waals surface area contributed by atoms with Crippen LogP contribution in [0.4, 0.5) is 0 Å². The largest absolute Gasteiger partial charge is 0.480 e. The fourth-order valence-electron chi connectivity index (χ4n) is 3.23. The lowest BCUT2D eigenvalue weighted by Crippen LogP contribution is -2.56. The van der Waals surface area contributed by atoms with E-state index >= 15 is 0 Å². The number of carboxylic acids is 1. The molecule has 0 aromatic heterocycles. The maximum absolute atomic E-state index is 12.9. The highest BCUT2D eigenvalue weighted by Gasteiger charge is 2.37. The minimum absolute atomic E-state index is 0.284. The Morgan fingerprint density at radius 3 is 2.37 bits per heavy atom. The van der Waals surface area contributed by atoms with Crippen LogP contribution in [0.15, 0.2) is 0 Å². The van der Waals surface area contributed by atoms with Crippen LogP contribution in [0.1, 0.15) is 45.4 Å². The molecule has 0 spiro atoms. The van der Waals surface area contributed by atoms with E-state index in [-0.39, 0.29) is 12.8 Å². The number of carbonyl (C=O) groups is 5. The van der Waals surface area contributed by atoms with Crippen LogP contribution in [0.5, 0.6) is 0 Å². The molecule has 0 aromatic carbocycles. The SMILES string of the molecule is CC(NC(=O)C(N)CC(N)=O)C(=O)NC(CCCCN)C(=O)N1CCCC1C(=O)O. The van der Waals surface area contributed by atoms with Crippen LogP contribution in [0.25, 0.3) is 0 Å². The van der Waals surface area contributed by atoms with E-state index in [0.29, 0.717) is 38.8 Å². The second kappa shape index (κ2) is 12.1. The molecule has 1 heterocycles. The highest BCUT2D eigenvalue weighted by molar-refractivity contribution is 5.94. The third kappa shape index (κ3) is 7.59. The Labute approximate surface area is 174 Å². The topological polar surface area (TPSA) is 211 Å². The molecule has 0 aromatic rings. The van der Waals surface area contributed by atoms with Gasteiger partial charge in [0.2, 0.25) is 23.6 Å². The van der Waals surface area contributed by atoms with E-state index in [1.807, 2.05) is 0 Å². The zero-order valence-electron chi connectivity index (χ0n) is 17.1. The van der Waals surface area contributed by atoms with E-state index in [4.69, 9.17) is 17.2 Å². The number of primary amides is 1. The van der Waals surface area contributed by atoms with Crippen molar-refractivity contribution in [1.82, 2.24) is 15.5 Å². The number of unbranched alkanes of at least 4 members (excludes halogenated alkanes) is 1. The smallest absolute Gasteiger partial charge is 0.326 e. The lowest BCUT2D eigenvalue weighted by Gasteiger charge is -2.28. The lowest BCUT2D eigenvalue weighted by molar-refractivity contribution is -0.149. The van der Waals surface area contributed by atoms with Crippen LogP contribution in [0.2, 0.25) is 0 Å². The number of likely N-dealkylation sites (tertiary alicyclic amines) is 1. The summed E-state index contributed by atoms with van der Waals surface area (Å²) in [5, 5.41) is 14.3. The first kappa shape index (κ1) is 25.3. The number of nitrogens with one attached hydrogen (secondary N) is 2. The number of carbonyl (C=O) groups excluding carboxylic acids is 4. The van der Waals surface area contributed by atoms with Gasteiger partial charge in [-0.15, -0.1) is 0 Å². The second-order valence-corrected chi connectivity index (χ2v) is 7.38. The molecule has 1 fully saturated rings. The van der Waals surface area contributed by atoms with Crippen molar-refractivity contribution in [2.75, 3.05) is 13.1 Å². The van der Waals surface area contributed by atoms with Crippen molar-refractivity contribution < 1.29 is 29.1 Å². The maximum atomic E-state index is 12.9. The maximum Gasteiger partial charge on any atom is 0.326 e. The number of amides is 4. The highest BCUT2D eigenvalue weighted by atomic mass is 16.4. The number of carboxylic acid groups (broad SMARTS) is 1. The fourth-order valence-corrected chi connectivity index (χ4v) is 3.23. The van der Waals surface area contributed by atoms with Gasteiger partial charge in [-0.05, 0) is 45.6 Å². The molecule has 4 amide bonds.